The molecule has 164 valence electrons. The number of benzene rings is 3. The minimum absolute atomic E-state index is 0.240. The zero-order valence-electron chi connectivity index (χ0n) is 17.4. The fourth-order valence-electron chi connectivity index (χ4n) is 3.92. The van der Waals surface area contributed by atoms with E-state index in [1.807, 2.05) is 36.4 Å². The summed E-state index contributed by atoms with van der Waals surface area (Å²) in [5, 5.41) is 5.69. The van der Waals surface area contributed by atoms with Crippen LogP contribution in [-0.2, 0) is 11.4 Å². The fourth-order valence-corrected chi connectivity index (χ4v) is 4.38. The van der Waals surface area contributed by atoms with Crippen LogP contribution < -0.4 is 14.2 Å². The summed E-state index contributed by atoms with van der Waals surface area (Å²) in [6.07, 6.45) is 0.982. The second kappa shape index (κ2) is 8.93. The second-order valence-electron chi connectivity index (χ2n) is 7.78. The van der Waals surface area contributed by atoms with Gasteiger partial charge in [0, 0.05) is 21.5 Å². The summed E-state index contributed by atoms with van der Waals surface area (Å²) in [7, 11) is 1.65. The number of ether oxygens (including phenoxy) is 3. The lowest BCUT2D eigenvalue weighted by atomic mass is 10.0. The largest absolute Gasteiger partial charge is 0.497 e. The molecule has 5 nitrogen and oxygen atoms in total. The van der Waals surface area contributed by atoms with Crippen LogP contribution in [0.15, 0.2) is 65.8 Å². The van der Waals surface area contributed by atoms with Crippen molar-refractivity contribution in [3.05, 3.63) is 87.4 Å². The van der Waals surface area contributed by atoms with E-state index in [-0.39, 0.29) is 19.3 Å². The van der Waals surface area contributed by atoms with Crippen molar-refractivity contribution < 1.29 is 19.0 Å². The highest BCUT2D eigenvalue weighted by Crippen LogP contribution is 2.51. The first-order valence-electron chi connectivity index (χ1n) is 10.3. The number of hydrogen-bond acceptors (Lipinski definition) is 5. The summed E-state index contributed by atoms with van der Waals surface area (Å²) in [6.45, 7) is 0.531. The number of nitrogens with zero attached hydrogens (tertiary/aromatic N) is 1. The molecule has 0 aromatic heterocycles. The fraction of sp³-hybridized carbons (Fsp3) is 0.240. The minimum Gasteiger partial charge on any atom is -0.497 e. The van der Waals surface area contributed by atoms with Crippen LogP contribution in [-0.4, -0.2) is 19.6 Å². The van der Waals surface area contributed by atoms with Crippen molar-refractivity contribution in [1.29, 1.82) is 0 Å². The standard InChI is InChI=1S/C25H21Cl2NO4/c1-29-19-7-3-15(4-8-19)25(28-32-13-17-2-6-18(26)11-22(17)27)21-12-20(21)16-5-9-23-24(10-16)31-14-30-23/h2-11,20-21H,12-14H2,1H3/b28-25-/t20-,21-/m1/s1. The summed E-state index contributed by atoms with van der Waals surface area (Å²) < 4.78 is 16.3. The Morgan fingerprint density at radius 1 is 1.00 bits per heavy atom. The van der Waals surface area contributed by atoms with Crippen LogP contribution >= 0.6 is 23.2 Å². The third kappa shape index (κ3) is 4.36. The third-order valence-corrected chi connectivity index (χ3v) is 6.34. The SMILES string of the molecule is COc1ccc(/C(=N/OCc2ccc(Cl)cc2Cl)[C@@H]2C[C@@H]2c2ccc3c(c2)OCO3)cc1. The van der Waals surface area contributed by atoms with Gasteiger partial charge in [-0.25, -0.2) is 0 Å². The Morgan fingerprint density at radius 3 is 2.59 bits per heavy atom. The molecule has 2 atom stereocenters. The number of fused-ring (bicyclic) bond motifs is 1. The lowest BCUT2D eigenvalue weighted by Gasteiger charge is -2.10. The van der Waals surface area contributed by atoms with Crippen molar-refractivity contribution >= 4 is 28.9 Å². The van der Waals surface area contributed by atoms with Gasteiger partial charge in [-0.3, -0.25) is 0 Å². The Labute approximate surface area is 196 Å². The minimum atomic E-state index is 0.240. The molecule has 1 aliphatic carbocycles. The van der Waals surface area contributed by atoms with E-state index in [2.05, 4.69) is 17.3 Å². The molecule has 7 heteroatoms. The summed E-state index contributed by atoms with van der Waals surface area (Å²) in [4.78, 5) is 5.76. The quantitative estimate of drug-likeness (QED) is 0.294. The van der Waals surface area contributed by atoms with Gasteiger partial charge in [-0.1, -0.05) is 40.5 Å². The van der Waals surface area contributed by atoms with Crippen LogP contribution in [0.2, 0.25) is 10.0 Å². The number of rotatable bonds is 7. The third-order valence-electron chi connectivity index (χ3n) is 5.75. The monoisotopic (exact) mass is 469 g/mol. The molecule has 0 amide bonds. The number of oxime groups is 1. The molecule has 0 N–H and O–H groups in total. The Morgan fingerprint density at radius 2 is 1.81 bits per heavy atom. The molecule has 1 fully saturated rings. The van der Waals surface area contributed by atoms with Crippen molar-refractivity contribution in [2.45, 2.75) is 18.9 Å². The van der Waals surface area contributed by atoms with E-state index in [1.165, 1.54) is 5.56 Å². The van der Waals surface area contributed by atoms with E-state index in [1.54, 1.807) is 19.2 Å². The molecule has 1 saturated carbocycles. The molecule has 0 radical (unpaired) electrons. The summed E-state index contributed by atoms with van der Waals surface area (Å²) in [5.41, 5.74) is 3.94. The van der Waals surface area contributed by atoms with Crippen molar-refractivity contribution in [3.8, 4) is 17.2 Å². The van der Waals surface area contributed by atoms with Gasteiger partial charge in [0.1, 0.15) is 12.4 Å². The van der Waals surface area contributed by atoms with Gasteiger partial charge in [0.2, 0.25) is 6.79 Å². The Bertz CT molecular complexity index is 1160. The van der Waals surface area contributed by atoms with Gasteiger partial charge in [-0.05, 0) is 72.0 Å². The van der Waals surface area contributed by atoms with Crippen molar-refractivity contribution in [1.82, 2.24) is 0 Å². The van der Waals surface area contributed by atoms with E-state index in [0.29, 0.717) is 16.0 Å². The van der Waals surface area contributed by atoms with Crippen LogP contribution in [0.4, 0.5) is 0 Å². The van der Waals surface area contributed by atoms with Gasteiger partial charge in [0.25, 0.3) is 0 Å². The molecular weight excluding hydrogens is 449 g/mol. The van der Waals surface area contributed by atoms with Gasteiger partial charge in [-0.2, -0.15) is 0 Å². The summed E-state index contributed by atoms with van der Waals surface area (Å²) >= 11 is 12.3. The highest BCUT2D eigenvalue weighted by Gasteiger charge is 2.43. The number of methoxy groups -OCH3 is 1. The molecule has 0 bridgehead atoms. The predicted molar refractivity (Wildman–Crippen MR) is 124 cm³/mol. The molecule has 32 heavy (non-hydrogen) atoms. The summed E-state index contributed by atoms with van der Waals surface area (Å²) in [6, 6.07) is 19.3. The van der Waals surface area contributed by atoms with E-state index < -0.39 is 0 Å². The second-order valence-corrected chi connectivity index (χ2v) is 8.62. The highest BCUT2D eigenvalue weighted by atomic mass is 35.5. The zero-order chi connectivity index (χ0) is 22.1. The smallest absolute Gasteiger partial charge is 0.231 e. The van der Waals surface area contributed by atoms with Crippen LogP contribution in [0.3, 0.4) is 0 Å². The number of hydrogen-bond donors (Lipinski definition) is 0. The van der Waals surface area contributed by atoms with E-state index in [9.17, 15) is 0 Å². The molecule has 0 saturated heterocycles. The maximum absolute atomic E-state index is 6.27. The molecule has 2 aliphatic rings. The van der Waals surface area contributed by atoms with Gasteiger partial charge in [0.15, 0.2) is 11.5 Å². The molecule has 0 unspecified atom stereocenters. The Hall–Kier alpha value is -2.89. The molecule has 5 rings (SSSR count). The van der Waals surface area contributed by atoms with Crippen LogP contribution in [0, 0.1) is 5.92 Å². The average molecular weight is 470 g/mol. The van der Waals surface area contributed by atoms with Gasteiger partial charge in [0.05, 0.1) is 12.8 Å². The van der Waals surface area contributed by atoms with Gasteiger partial charge >= 0.3 is 0 Å². The normalized spacial score (nSPS) is 19.0. The molecular formula is C25H21Cl2NO4. The molecule has 1 heterocycles. The van der Waals surface area contributed by atoms with Crippen LogP contribution in [0.5, 0.6) is 17.2 Å². The maximum Gasteiger partial charge on any atom is 0.231 e. The first kappa shape index (κ1) is 21.0. The van der Waals surface area contributed by atoms with Crippen LogP contribution in [0.25, 0.3) is 0 Å². The average Bonchev–Trinajstić information content (AvgIpc) is 3.45. The Kier molecular flexibility index (Phi) is 5.85. The van der Waals surface area contributed by atoms with Gasteiger partial charge in [-0.15, -0.1) is 0 Å². The number of halogens is 2. The maximum atomic E-state index is 6.27. The lowest BCUT2D eigenvalue weighted by molar-refractivity contribution is 0.130. The molecule has 3 aromatic carbocycles. The van der Waals surface area contributed by atoms with Crippen molar-refractivity contribution in [2.24, 2.45) is 11.1 Å². The van der Waals surface area contributed by atoms with E-state index in [0.717, 1.165) is 40.5 Å². The molecule has 0 spiro atoms. The topological polar surface area (TPSA) is 49.3 Å². The van der Waals surface area contributed by atoms with Crippen LogP contribution in [0.1, 0.15) is 29.0 Å². The first-order valence-corrected chi connectivity index (χ1v) is 11.1. The van der Waals surface area contributed by atoms with E-state index in [4.69, 9.17) is 42.3 Å². The van der Waals surface area contributed by atoms with Crippen molar-refractivity contribution in [3.63, 3.8) is 0 Å². The van der Waals surface area contributed by atoms with Crippen molar-refractivity contribution in [2.75, 3.05) is 13.9 Å². The first-order chi connectivity index (χ1) is 15.6. The highest BCUT2D eigenvalue weighted by molar-refractivity contribution is 6.35. The zero-order valence-corrected chi connectivity index (χ0v) is 18.9. The van der Waals surface area contributed by atoms with Gasteiger partial charge < -0.3 is 19.0 Å². The molecule has 3 aromatic rings. The van der Waals surface area contributed by atoms with E-state index >= 15 is 0 Å². The lowest BCUT2D eigenvalue weighted by Crippen LogP contribution is -2.07. The predicted octanol–water partition coefficient (Wildman–Crippen LogP) is 6.46. The summed E-state index contributed by atoms with van der Waals surface area (Å²) in [5.74, 6) is 2.96. The molecule has 1 aliphatic heterocycles. The Balaban J connectivity index is 1.38.